The van der Waals surface area contributed by atoms with Crippen molar-refractivity contribution in [3.63, 3.8) is 0 Å². The molecule has 0 atom stereocenters. The lowest BCUT2D eigenvalue weighted by Crippen LogP contribution is -2.31. The Balaban J connectivity index is 2.34. The Bertz CT molecular complexity index is 526. The molecule has 0 spiro atoms. The summed E-state index contributed by atoms with van der Waals surface area (Å²) in [5, 5.41) is 2.81. The number of hydrogen-bond acceptors (Lipinski definition) is 3. The summed E-state index contributed by atoms with van der Waals surface area (Å²) in [6.45, 7) is 6.41. The maximum atomic E-state index is 12.3. The number of carbonyl (C=O) groups excluding carboxylic acids is 2. The lowest BCUT2D eigenvalue weighted by molar-refractivity contribution is 0.0494. The van der Waals surface area contributed by atoms with Crippen molar-refractivity contribution in [2.24, 2.45) is 0 Å². The van der Waals surface area contributed by atoms with Crippen LogP contribution in [0.15, 0.2) is 24.3 Å². The van der Waals surface area contributed by atoms with Crippen LogP contribution in [-0.4, -0.2) is 24.5 Å². The van der Waals surface area contributed by atoms with Gasteiger partial charge in [-0.05, 0) is 32.4 Å². The molecule has 0 aliphatic heterocycles. The van der Waals surface area contributed by atoms with Crippen LogP contribution >= 0.6 is 0 Å². The molecule has 0 unspecified atom stereocenters. The first-order chi connectivity index (χ1) is 12.1. The smallest absolute Gasteiger partial charge is 0.338 e. The van der Waals surface area contributed by atoms with Crippen LogP contribution in [0.4, 0.5) is 0 Å². The largest absolute Gasteiger partial charge is 0.462 e. The summed E-state index contributed by atoms with van der Waals surface area (Å²) in [4.78, 5) is 24.4. The van der Waals surface area contributed by atoms with Gasteiger partial charge >= 0.3 is 5.97 Å². The summed E-state index contributed by atoms with van der Waals surface area (Å²) in [5.41, 5.74) is 0.706. The van der Waals surface area contributed by atoms with Gasteiger partial charge in [0, 0.05) is 6.04 Å². The van der Waals surface area contributed by atoms with E-state index in [-0.39, 0.29) is 11.9 Å². The monoisotopic (exact) mass is 347 g/mol. The van der Waals surface area contributed by atoms with Crippen LogP contribution in [0.1, 0.15) is 92.9 Å². The first kappa shape index (κ1) is 21.2. The molecule has 0 saturated carbocycles. The van der Waals surface area contributed by atoms with Crippen molar-refractivity contribution in [2.75, 3.05) is 6.61 Å². The second-order valence-electron chi connectivity index (χ2n) is 6.78. The van der Waals surface area contributed by atoms with Crippen LogP contribution < -0.4 is 5.32 Å². The molecule has 1 N–H and O–H groups in total. The Morgan fingerprint density at radius 1 is 0.920 bits per heavy atom. The highest BCUT2D eigenvalue weighted by atomic mass is 16.5. The van der Waals surface area contributed by atoms with Crippen molar-refractivity contribution in [1.82, 2.24) is 5.32 Å². The molecule has 0 fully saturated rings. The van der Waals surface area contributed by atoms with Crippen molar-refractivity contribution in [1.29, 1.82) is 0 Å². The van der Waals surface area contributed by atoms with Crippen LogP contribution in [0.2, 0.25) is 0 Å². The fraction of sp³-hybridized carbons (Fsp3) is 0.619. The van der Waals surface area contributed by atoms with E-state index in [1.54, 1.807) is 24.3 Å². The number of hydrogen-bond donors (Lipinski definition) is 1. The lowest BCUT2D eigenvalue weighted by Gasteiger charge is -2.12. The maximum absolute atomic E-state index is 12.3. The highest BCUT2D eigenvalue weighted by molar-refractivity contribution is 6.05. The minimum atomic E-state index is -0.419. The molecule has 1 rings (SSSR count). The van der Waals surface area contributed by atoms with Gasteiger partial charge in [0.25, 0.3) is 5.91 Å². The minimum absolute atomic E-state index is 0.0221. The van der Waals surface area contributed by atoms with Crippen LogP contribution in [0.5, 0.6) is 0 Å². The van der Waals surface area contributed by atoms with Gasteiger partial charge < -0.3 is 10.1 Å². The summed E-state index contributed by atoms with van der Waals surface area (Å²) in [5.74, 6) is -0.660. The molecule has 1 aromatic carbocycles. The molecule has 0 aromatic heterocycles. The predicted octanol–water partition coefficient (Wildman–Crippen LogP) is 5.12. The summed E-state index contributed by atoms with van der Waals surface area (Å²) in [7, 11) is 0. The fourth-order valence-electron chi connectivity index (χ4n) is 2.68. The molecular formula is C21H33NO3. The SMILES string of the molecule is CCCCCCCCCCOC(=O)c1ccccc1C(=O)NC(C)C. The van der Waals surface area contributed by atoms with Crippen molar-refractivity contribution in [3.8, 4) is 0 Å². The summed E-state index contributed by atoms with van der Waals surface area (Å²) in [6.07, 6.45) is 9.61. The number of carbonyl (C=O) groups is 2. The van der Waals surface area contributed by atoms with Crippen molar-refractivity contribution < 1.29 is 14.3 Å². The van der Waals surface area contributed by atoms with E-state index in [1.807, 2.05) is 13.8 Å². The van der Waals surface area contributed by atoms with Crippen molar-refractivity contribution in [2.45, 2.75) is 78.2 Å². The van der Waals surface area contributed by atoms with Gasteiger partial charge in [0.05, 0.1) is 17.7 Å². The number of unbranched alkanes of at least 4 members (excludes halogenated alkanes) is 7. The second kappa shape index (κ2) is 12.5. The standard InChI is InChI=1S/C21H33NO3/c1-4-5-6-7-8-9-10-13-16-25-21(24)19-15-12-11-14-18(19)20(23)22-17(2)3/h11-12,14-15,17H,4-10,13,16H2,1-3H3,(H,22,23). The van der Waals surface area contributed by atoms with Crippen LogP contribution in [0.3, 0.4) is 0 Å². The zero-order chi connectivity index (χ0) is 18.5. The molecule has 0 bridgehead atoms. The summed E-state index contributed by atoms with van der Waals surface area (Å²) < 4.78 is 5.35. The van der Waals surface area contributed by atoms with E-state index in [4.69, 9.17) is 4.74 Å². The number of ether oxygens (including phenoxy) is 1. The van der Waals surface area contributed by atoms with Crippen molar-refractivity contribution >= 4 is 11.9 Å². The van der Waals surface area contributed by atoms with Gasteiger partial charge in [0.1, 0.15) is 0 Å². The molecule has 140 valence electrons. The highest BCUT2D eigenvalue weighted by Gasteiger charge is 2.18. The normalized spacial score (nSPS) is 10.7. The van der Waals surface area contributed by atoms with E-state index < -0.39 is 5.97 Å². The maximum Gasteiger partial charge on any atom is 0.338 e. The molecule has 0 aliphatic rings. The minimum Gasteiger partial charge on any atom is -0.462 e. The third-order valence-corrected chi connectivity index (χ3v) is 4.04. The van der Waals surface area contributed by atoms with E-state index in [9.17, 15) is 9.59 Å². The van der Waals surface area contributed by atoms with Gasteiger partial charge in [-0.15, -0.1) is 0 Å². The first-order valence-corrected chi connectivity index (χ1v) is 9.63. The van der Waals surface area contributed by atoms with E-state index in [0.29, 0.717) is 17.7 Å². The Morgan fingerprint density at radius 3 is 2.08 bits per heavy atom. The Labute approximate surface area is 152 Å². The first-order valence-electron chi connectivity index (χ1n) is 9.63. The van der Waals surface area contributed by atoms with Crippen molar-refractivity contribution in [3.05, 3.63) is 35.4 Å². The van der Waals surface area contributed by atoms with Gasteiger partial charge in [-0.2, -0.15) is 0 Å². The molecule has 4 heteroatoms. The molecule has 4 nitrogen and oxygen atoms in total. The Hall–Kier alpha value is -1.84. The zero-order valence-electron chi connectivity index (χ0n) is 16.0. The van der Waals surface area contributed by atoms with Crippen LogP contribution in [0, 0.1) is 0 Å². The fourth-order valence-corrected chi connectivity index (χ4v) is 2.68. The van der Waals surface area contributed by atoms with Gasteiger partial charge in [-0.25, -0.2) is 4.79 Å². The number of benzene rings is 1. The molecule has 0 aliphatic carbocycles. The quantitative estimate of drug-likeness (QED) is 0.421. The Kier molecular flexibility index (Phi) is 10.6. The molecule has 1 aromatic rings. The third kappa shape index (κ3) is 8.71. The van der Waals surface area contributed by atoms with Gasteiger partial charge in [0.15, 0.2) is 0 Å². The lowest BCUT2D eigenvalue weighted by atomic mass is 10.1. The average Bonchev–Trinajstić information content (AvgIpc) is 2.59. The summed E-state index contributed by atoms with van der Waals surface area (Å²) >= 11 is 0. The van der Waals surface area contributed by atoms with E-state index in [1.165, 1.54) is 38.5 Å². The number of esters is 1. The predicted molar refractivity (Wildman–Crippen MR) is 102 cm³/mol. The van der Waals surface area contributed by atoms with Gasteiger partial charge in [-0.3, -0.25) is 4.79 Å². The van der Waals surface area contributed by atoms with E-state index >= 15 is 0 Å². The van der Waals surface area contributed by atoms with Crippen LogP contribution in [0.25, 0.3) is 0 Å². The molecule has 0 radical (unpaired) electrons. The number of amides is 1. The molecule has 1 amide bonds. The Morgan fingerprint density at radius 2 is 1.48 bits per heavy atom. The molecular weight excluding hydrogens is 314 g/mol. The topological polar surface area (TPSA) is 55.4 Å². The summed E-state index contributed by atoms with van der Waals surface area (Å²) in [6, 6.07) is 6.83. The molecule has 0 heterocycles. The highest BCUT2D eigenvalue weighted by Crippen LogP contribution is 2.12. The molecule has 0 saturated heterocycles. The number of nitrogens with one attached hydrogen (secondary N) is 1. The van der Waals surface area contributed by atoms with E-state index in [2.05, 4.69) is 12.2 Å². The number of rotatable bonds is 12. The third-order valence-electron chi connectivity index (χ3n) is 4.04. The zero-order valence-corrected chi connectivity index (χ0v) is 16.0. The average molecular weight is 347 g/mol. The second-order valence-corrected chi connectivity index (χ2v) is 6.78. The van der Waals surface area contributed by atoms with Gasteiger partial charge in [-0.1, -0.05) is 64.0 Å². The van der Waals surface area contributed by atoms with Gasteiger partial charge in [0.2, 0.25) is 0 Å². The van der Waals surface area contributed by atoms with Crippen LogP contribution in [-0.2, 0) is 4.74 Å². The molecule has 25 heavy (non-hydrogen) atoms. The van der Waals surface area contributed by atoms with E-state index in [0.717, 1.165) is 12.8 Å².